The number of benzene rings is 1. The van der Waals surface area contributed by atoms with Crippen molar-refractivity contribution in [2.45, 2.75) is 65.0 Å². The molecule has 2 aromatic rings. The van der Waals surface area contributed by atoms with Crippen molar-refractivity contribution < 1.29 is 9.53 Å². The third-order valence-corrected chi connectivity index (χ3v) is 6.31. The van der Waals surface area contributed by atoms with Crippen molar-refractivity contribution in [3.8, 4) is 0 Å². The predicted octanol–water partition coefficient (Wildman–Crippen LogP) is 5.61. The van der Waals surface area contributed by atoms with Crippen molar-refractivity contribution >= 4 is 22.9 Å². The van der Waals surface area contributed by atoms with Crippen LogP contribution in [0.4, 0.5) is 5.69 Å². The number of nitrogens with one attached hydrogen (secondary N) is 1. The maximum atomic E-state index is 13.1. The molecule has 158 valence electrons. The molecule has 4 nitrogen and oxygen atoms in total. The van der Waals surface area contributed by atoms with E-state index in [1.165, 1.54) is 16.0 Å². The molecule has 0 aliphatic carbocycles. The van der Waals surface area contributed by atoms with E-state index in [1.54, 1.807) is 11.3 Å². The average molecular weight is 415 g/mol. The standard InChI is InChI=1S/C24H34N2O2S/c1-17(2)21-10-5-11-22(18(3)4)24(21)25-23(27)16-26(14-19-8-6-12-28-19)15-20-9-7-13-29-20/h5,7,9-11,13,17-19H,6,8,12,14-16H2,1-4H3,(H,25,27)/t19-/m1/s1. The number of amides is 1. The quantitative estimate of drug-likeness (QED) is 0.579. The van der Waals surface area contributed by atoms with Crippen LogP contribution in [0.3, 0.4) is 0 Å². The Morgan fingerprint density at radius 1 is 1.17 bits per heavy atom. The minimum atomic E-state index is 0.0505. The van der Waals surface area contributed by atoms with E-state index in [4.69, 9.17) is 4.74 Å². The average Bonchev–Trinajstić information content (AvgIpc) is 3.35. The molecular formula is C24H34N2O2S. The zero-order chi connectivity index (χ0) is 20.8. The molecule has 3 rings (SSSR count). The third kappa shape index (κ3) is 6.14. The van der Waals surface area contributed by atoms with Crippen LogP contribution in [-0.4, -0.2) is 36.6 Å². The van der Waals surface area contributed by atoms with Gasteiger partial charge in [0.15, 0.2) is 0 Å². The fraction of sp³-hybridized carbons (Fsp3) is 0.542. The summed E-state index contributed by atoms with van der Waals surface area (Å²) >= 11 is 1.74. The molecule has 5 heteroatoms. The monoisotopic (exact) mass is 414 g/mol. The first-order valence-corrected chi connectivity index (χ1v) is 11.6. The van der Waals surface area contributed by atoms with Gasteiger partial charge < -0.3 is 10.1 Å². The molecule has 1 aliphatic rings. The molecule has 1 aliphatic heterocycles. The van der Waals surface area contributed by atoms with Gasteiger partial charge in [0.1, 0.15) is 0 Å². The highest BCUT2D eigenvalue weighted by Gasteiger charge is 2.22. The number of ether oxygens (including phenoxy) is 1. The normalized spacial score (nSPS) is 16.9. The van der Waals surface area contributed by atoms with Gasteiger partial charge >= 0.3 is 0 Å². The highest BCUT2D eigenvalue weighted by atomic mass is 32.1. The Balaban J connectivity index is 1.74. The molecule has 0 spiro atoms. The molecule has 0 radical (unpaired) electrons. The molecule has 1 saturated heterocycles. The number of para-hydroxylation sites is 1. The Labute approximate surface area is 179 Å². The number of anilines is 1. The molecular weight excluding hydrogens is 380 g/mol. The van der Waals surface area contributed by atoms with E-state index in [-0.39, 0.29) is 12.0 Å². The number of hydrogen-bond donors (Lipinski definition) is 1. The van der Waals surface area contributed by atoms with Crippen LogP contribution in [0.1, 0.15) is 68.4 Å². The minimum absolute atomic E-state index is 0.0505. The Morgan fingerprint density at radius 2 is 1.90 bits per heavy atom. The Kier molecular flexibility index (Phi) is 7.87. The SMILES string of the molecule is CC(C)c1cccc(C(C)C)c1NC(=O)CN(Cc1cccs1)C[C@H]1CCCO1. The smallest absolute Gasteiger partial charge is 0.238 e. The fourth-order valence-corrected chi connectivity index (χ4v) is 4.71. The van der Waals surface area contributed by atoms with Crippen LogP contribution >= 0.6 is 11.3 Å². The second kappa shape index (κ2) is 10.4. The first-order valence-electron chi connectivity index (χ1n) is 10.7. The Bertz CT molecular complexity index is 754. The van der Waals surface area contributed by atoms with Crippen LogP contribution < -0.4 is 5.32 Å². The molecule has 0 bridgehead atoms. The van der Waals surface area contributed by atoms with Gasteiger partial charge in [-0.3, -0.25) is 9.69 Å². The largest absolute Gasteiger partial charge is 0.377 e. The van der Waals surface area contributed by atoms with Gasteiger partial charge in [0.25, 0.3) is 0 Å². The molecule has 0 unspecified atom stereocenters. The number of thiophene rings is 1. The highest BCUT2D eigenvalue weighted by Crippen LogP contribution is 2.32. The lowest BCUT2D eigenvalue weighted by molar-refractivity contribution is -0.117. The molecule has 0 saturated carbocycles. The maximum absolute atomic E-state index is 13.1. The molecule has 1 N–H and O–H groups in total. The van der Waals surface area contributed by atoms with Crippen LogP contribution in [-0.2, 0) is 16.1 Å². The lowest BCUT2D eigenvalue weighted by Crippen LogP contribution is -2.38. The van der Waals surface area contributed by atoms with Gasteiger partial charge in [0, 0.05) is 30.3 Å². The maximum Gasteiger partial charge on any atom is 0.238 e. The summed E-state index contributed by atoms with van der Waals surface area (Å²) in [7, 11) is 0. The van der Waals surface area contributed by atoms with E-state index in [0.29, 0.717) is 18.4 Å². The predicted molar refractivity (Wildman–Crippen MR) is 122 cm³/mol. The Morgan fingerprint density at radius 3 is 2.45 bits per heavy atom. The van der Waals surface area contributed by atoms with E-state index in [2.05, 4.69) is 73.6 Å². The number of carbonyl (C=O) groups is 1. The Hall–Kier alpha value is -1.69. The number of hydrogen-bond acceptors (Lipinski definition) is 4. The molecule has 1 amide bonds. The molecule has 29 heavy (non-hydrogen) atoms. The van der Waals surface area contributed by atoms with E-state index in [9.17, 15) is 4.79 Å². The van der Waals surface area contributed by atoms with Crippen LogP contribution in [0.2, 0.25) is 0 Å². The van der Waals surface area contributed by atoms with E-state index in [1.807, 2.05) is 0 Å². The van der Waals surface area contributed by atoms with Gasteiger partial charge in [-0.1, -0.05) is 52.0 Å². The molecule has 1 aromatic heterocycles. The van der Waals surface area contributed by atoms with Crippen LogP contribution in [0, 0.1) is 0 Å². The minimum Gasteiger partial charge on any atom is -0.377 e. The summed E-state index contributed by atoms with van der Waals surface area (Å²) in [5, 5.41) is 5.35. The van der Waals surface area contributed by atoms with Gasteiger partial charge in [-0.05, 0) is 47.3 Å². The van der Waals surface area contributed by atoms with Crippen molar-refractivity contribution in [1.29, 1.82) is 0 Å². The number of carbonyl (C=O) groups excluding carboxylic acids is 1. The first-order chi connectivity index (χ1) is 13.9. The zero-order valence-corrected chi connectivity index (χ0v) is 18.9. The molecule has 2 heterocycles. The summed E-state index contributed by atoms with van der Waals surface area (Å²) < 4.78 is 5.83. The lowest BCUT2D eigenvalue weighted by atomic mass is 9.92. The van der Waals surface area contributed by atoms with E-state index < -0.39 is 0 Å². The van der Waals surface area contributed by atoms with Crippen molar-refractivity contribution in [3.05, 3.63) is 51.7 Å². The third-order valence-electron chi connectivity index (χ3n) is 5.45. The summed E-state index contributed by atoms with van der Waals surface area (Å²) in [5.74, 6) is 0.769. The van der Waals surface area contributed by atoms with E-state index in [0.717, 1.165) is 38.2 Å². The van der Waals surface area contributed by atoms with Crippen LogP contribution in [0.15, 0.2) is 35.7 Å². The van der Waals surface area contributed by atoms with Crippen molar-refractivity contribution in [2.75, 3.05) is 25.0 Å². The summed E-state index contributed by atoms with van der Waals surface area (Å²) in [6, 6.07) is 10.6. The molecule has 1 aromatic carbocycles. The van der Waals surface area contributed by atoms with Crippen molar-refractivity contribution in [3.63, 3.8) is 0 Å². The van der Waals surface area contributed by atoms with E-state index >= 15 is 0 Å². The first kappa shape index (κ1) is 22.0. The second-order valence-electron chi connectivity index (χ2n) is 8.55. The van der Waals surface area contributed by atoms with Gasteiger partial charge in [-0.25, -0.2) is 0 Å². The zero-order valence-electron chi connectivity index (χ0n) is 18.1. The summed E-state index contributed by atoms with van der Waals surface area (Å²) in [5.41, 5.74) is 3.40. The summed E-state index contributed by atoms with van der Waals surface area (Å²) in [6.45, 7) is 11.5. The topological polar surface area (TPSA) is 41.6 Å². The summed E-state index contributed by atoms with van der Waals surface area (Å²) in [6.07, 6.45) is 2.43. The van der Waals surface area contributed by atoms with Gasteiger partial charge in [-0.15, -0.1) is 11.3 Å². The van der Waals surface area contributed by atoms with Gasteiger partial charge in [-0.2, -0.15) is 0 Å². The molecule has 1 atom stereocenters. The lowest BCUT2D eigenvalue weighted by Gasteiger charge is -2.25. The van der Waals surface area contributed by atoms with Crippen LogP contribution in [0.25, 0.3) is 0 Å². The van der Waals surface area contributed by atoms with Gasteiger partial charge in [0.05, 0.1) is 12.6 Å². The van der Waals surface area contributed by atoms with Crippen molar-refractivity contribution in [2.24, 2.45) is 0 Å². The van der Waals surface area contributed by atoms with Crippen molar-refractivity contribution in [1.82, 2.24) is 4.90 Å². The number of nitrogens with zero attached hydrogens (tertiary/aromatic N) is 1. The van der Waals surface area contributed by atoms with Gasteiger partial charge in [0.2, 0.25) is 5.91 Å². The number of rotatable bonds is 9. The molecule has 1 fully saturated rings. The summed E-state index contributed by atoms with van der Waals surface area (Å²) in [4.78, 5) is 16.6. The highest BCUT2D eigenvalue weighted by molar-refractivity contribution is 7.09. The van der Waals surface area contributed by atoms with Crippen LogP contribution in [0.5, 0.6) is 0 Å². The second-order valence-corrected chi connectivity index (χ2v) is 9.59. The fourth-order valence-electron chi connectivity index (χ4n) is 3.96.